The van der Waals surface area contributed by atoms with Crippen molar-refractivity contribution in [3.05, 3.63) is 22.3 Å². The highest BCUT2D eigenvalue weighted by Crippen LogP contribution is 2.37. The van der Waals surface area contributed by atoms with Gasteiger partial charge in [0.2, 0.25) is 0 Å². The maximum atomic E-state index is 10.1. The molecule has 0 amide bonds. The van der Waals surface area contributed by atoms with Crippen molar-refractivity contribution < 1.29 is 9.84 Å². The first-order valence-corrected chi connectivity index (χ1v) is 6.25. The first-order valence-electron chi connectivity index (χ1n) is 6.25. The van der Waals surface area contributed by atoms with E-state index in [0.29, 0.717) is 11.7 Å². The van der Waals surface area contributed by atoms with Crippen LogP contribution in [0.1, 0.15) is 42.5 Å². The molecule has 0 spiro atoms. The van der Waals surface area contributed by atoms with Crippen LogP contribution in [0.15, 0.2) is 0 Å². The summed E-state index contributed by atoms with van der Waals surface area (Å²) in [5.74, 6) is 2.02. The molecule has 17 heavy (non-hydrogen) atoms. The molecule has 0 saturated heterocycles. The van der Waals surface area contributed by atoms with Gasteiger partial charge in [-0.2, -0.15) is 0 Å². The number of benzene rings is 1. The zero-order valence-electron chi connectivity index (χ0n) is 11.8. The molecule has 0 saturated carbocycles. The Morgan fingerprint density at radius 3 is 2.12 bits per heavy atom. The SMILES string of the molecule is COc1c(C)c(C)c(O)c(C)c1CCC(C)C. The number of phenolic OH excluding ortho intramolecular Hbond substituents is 1. The normalized spacial score (nSPS) is 11.0. The Labute approximate surface area is 105 Å². The lowest BCUT2D eigenvalue weighted by atomic mass is 9.92. The molecule has 0 atom stereocenters. The van der Waals surface area contributed by atoms with Crippen molar-refractivity contribution in [3.8, 4) is 11.5 Å². The van der Waals surface area contributed by atoms with Gasteiger partial charge in [-0.15, -0.1) is 0 Å². The average molecular weight is 236 g/mol. The van der Waals surface area contributed by atoms with E-state index in [1.165, 1.54) is 0 Å². The van der Waals surface area contributed by atoms with Crippen LogP contribution in [-0.2, 0) is 6.42 Å². The van der Waals surface area contributed by atoms with Crippen LogP contribution in [0.2, 0.25) is 0 Å². The third-order valence-corrected chi connectivity index (χ3v) is 3.52. The first kappa shape index (κ1) is 13.9. The summed E-state index contributed by atoms with van der Waals surface area (Å²) < 4.78 is 5.51. The largest absolute Gasteiger partial charge is 0.507 e. The van der Waals surface area contributed by atoms with Gasteiger partial charge >= 0.3 is 0 Å². The monoisotopic (exact) mass is 236 g/mol. The van der Waals surface area contributed by atoms with Crippen molar-refractivity contribution in [3.63, 3.8) is 0 Å². The van der Waals surface area contributed by atoms with Crippen molar-refractivity contribution in [2.45, 2.75) is 47.5 Å². The summed E-state index contributed by atoms with van der Waals surface area (Å²) in [6, 6.07) is 0. The fourth-order valence-corrected chi connectivity index (χ4v) is 2.18. The molecule has 1 aromatic rings. The predicted molar refractivity (Wildman–Crippen MR) is 72.0 cm³/mol. The van der Waals surface area contributed by atoms with E-state index in [9.17, 15) is 5.11 Å². The number of methoxy groups -OCH3 is 1. The van der Waals surface area contributed by atoms with E-state index in [1.54, 1.807) is 7.11 Å². The molecule has 1 aromatic carbocycles. The van der Waals surface area contributed by atoms with Gasteiger partial charge in [-0.3, -0.25) is 0 Å². The highest BCUT2D eigenvalue weighted by atomic mass is 16.5. The highest BCUT2D eigenvalue weighted by Gasteiger charge is 2.17. The summed E-state index contributed by atoms with van der Waals surface area (Å²) in [5.41, 5.74) is 4.09. The van der Waals surface area contributed by atoms with Crippen LogP contribution in [0.5, 0.6) is 11.5 Å². The lowest BCUT2D eigenvalue weighted by molar-refractivity contribution is 0.399. The molecule has 0 unspecified atom stereocenters. The molecular weight excluding hydrogens is 212 g/mol. The third-order valence-electron chi connectivity index (χ3n) is 3.52. The Hall–Kier alpha value is -1.18. The van der Waals surface area contributed by atoms with E-state index in [-0.39, 0.29) is 0 Å². The molecule has 2 heteroatoms. The van der Waals surface area contributed by atoms with Crippen molar-refractivity contribution in [1.29, 1.82) is 0 Å². The number of ether oxygens (including phenoxy) is 1. The summed E-state index contributed by atoms with van der Waals surface area (Å²) in [4.78, 5) is 0. The predicted octanol–water partition coefficient (Wildman–Crippen LogP) is 3.91. The van der Waals surface area contributed by atoms with E-state index < -0.39 is 0 Å². The maximum Gasteiger partial charge on any atom is 0.125 e. The minimum atomic E-state index is 0.419. The second kappa shape index (κ2) is 5.44. The van der Waals surface area contributed by atoms with E-state index in [1.807, 2.05) is 20.8 Å². The molecule has 1 rings (SSSR count). The second-order valence-corrected chi connectivity index (χ2v) is 5.17. The van der Waals surface area contributed by atoms with Gasteiger partial charge in [0.25, 0.3) is 0 Å². The van der Waals surface area contributed by atoms with Crippen LogP contribution >= 0.6 is 0 Å². The summed E-state index contributed by atoms with van der Waals surface area (Å²) >= 11 is 0. The van der Waals surface area contributed by atoms with Crippen LogP contribution in [0.25, 0.3) is 0 Å². The van der Waals surface area contributed by atoms with E-state index >= 15 is 0 Å². The molecular formula is C15H24O2. The number of hydrogen-bond donors (Lipinski definition) is 1. The van der Waals surface area contributed by atoms with Gasteiger partial charge in [-0.25, -0.2) is 0 Å². The number of hydrogen-bond acceptors (Lipinski definition) is 2. The minimum Gasteiger partial charge on any atom is -0.507 e. The topological polar surface area (TPSA) is 29.5 Å². The maximum absolute atomic E-state index is 10.1. The van der Waals surface area contributed by atoms with Gasteiger partial charge in [0.05, 0.1) is 7.11 Å². The van der Waals surface area contributed by atoms with Gasteiger partial charge < -0.3 is 9.84 Å². The Morgan fingerprint density at radius 2 is 1.65 bits per heavy atom. The Bertz CT molecular complexity index is 406. The smallest absolute Gasteiger partial charge is 0.125 e. The molecule has 0 radical (unpaired) electrons. The lowest BCUT2D eigenvalue weighted by Crippen LogP contribution is -2.03. The Kier molecular flexibility index (Phi) is 4.44. The quantitative estimate of drug-likeness (QED) is 0.858. The van der Waals surface area contributed by atoms with Crippen LogP contribution in [0.4, 0.5) is 0 Å². The zero-order valence-corrected chi connectivity index (χ0v) is 11.8. The van der Waals surface area contributed by atoms with Crippen LogP contribution in [0.3, 0.4) is 0 Å². The molecule has 0 heterocycles. The average Bonchev–Trinajstić information content (AvgIpc) is 2.29. The molecule has 2 nitrogen and oxygen atoms in total. The number of phenols is 1. The first-order chi connectivity index (χ1) is 7.90. The molecule has 0 bridgehead atoms. The van der Waals surface area contributed by atoms with Crippen molar-refractivity contribution in [2.24, 2.45) is 5.92 Å². The minimum absolute atomic E-state index is 0.419. The van der Waals surface area contributed by atoms with E-state index in [4.69, 9.17) is 4.74 Å². The van der Waals surface area contributed by atoms with E-state index in [0.717, 1.165) is 40.8 Å². The summed E-state index contributed by atoms with van der Waals surface area (Å²) in [6.45, 7) is 10.3. The van der Waals surface area contributed by atoms with Crippen molar-refractivity contribution in [2.75, 3.05) is 7.11 Å². The van der Waals surface area contributed by atoms with Crippen LogP contribution in [-0.4, -0.2) is 12.2 Å². The van der Waals surface area contributed by atoms with Crippen LogP contribution in [0, 0.1) is 26.7 Å². The van der Waals surface area contributed by atoms with Crippen molar-refractivity contribution in [1.82, 2.24) is 0 Å². The Morgan fingerprint density at radius 1 is 1.06 bits per heavy atom. The lowest BCUT2D eigenvalue weighted by Gasteiger charge is -2.19. The van der Waals surface area contributed by atoms with E-state index in [2.05, 4.69) is 13.8 Å². The highest BCUT2D eigenvalue weighted by molar-refractivity contribution is 5.57. The summed E-state index contributed by atoms with van der Waals surface area (Å²) in [7, 11) is 1.71. The van der Waals surface area contributed by atoms with Gasteiger partial charge in [0.15, 0.2) is 0 Å². The molecule has 0 aliphatic heterocycles. The summed E-state index contributed by atoms with van der Waals surface area (Å²) in [6.07, 6.45) is 2.07. The van der Waals surface area contributed by atoms with Crippen LogP contribution < -0.4 is 4.74 Å². The molecule has 0 aromatic heterocycles. The molecule has 0 aliphatic carbocycles. The summed E-state index contributed by atoms with van der Waals surface area (Å²) in [5, 5.41) is 10.1. The molecule has 0 fully saturated rings. The molecule has 0 aliphatic rings. The fourth-order valence-electron chi connectivity index (χ4n) is 2.18. The fraction of sp³-hybridized carbons (Fsp3) is 0.600. The van der Waals surface area contributed by atoms with Gasteiger partial charge in [-0.05, 0) is 56.2 Å². The van der Waals surface area contributed by atoms with Gasteiger partial charge in [-0.1, -0.05) is 13.8 Å². The van der Waals surface area contributed by atoms with Crippen molar-refractivity contribution >= 4 is 0 Å². The zero-order chi connectivity index (χ0) is 13.2. The van der Waals surface area contributed by atoms with Gasteiger partial charge in [0, 0.05) is 5.56 Å². The number of rotatable bonds is 4. The number of aromatic hydroxyl groups is 1. The standard InChI is InChI=1S/C15H24O2/c1-9(2)7-8-13-12(5)14(16)10(3)11(4)15(13)17-6/h9,16H,7-8H2,1-6H3. The molecule has 1 N–H and O–H groups in total. The third kappa shape index (κ3) is 2.74. The molecule has 96 valence electrons. The second-order valence-electron chi connectivity index (χ2n) is 5.17. The van der Waals surface area contributed by atoms with Gasteiger partial charge in [0.1, 0.15) is 11.5 Å². The Balaban J connectivity index is 3.26.